The molecule has 0 bridgehead atoms. The Morgan fingerprint density at radius 2 is 1.86 bits per heavy atom. The van der Waals surface area contributed by atoms with Crippen LogP contribution in [0.1, 0.15) is 41.6 Å². The molecular weight excluding hydrogens is 344 g/mol. The lowest BCUT2D eigenvalue weighted by Gasteiger charge is -2.20. The van der Waals surface area contributed by atoms with Crippen molar-refractivity contribution in [3.05, 3.63) is 58.9 Å². The Balaban J connectivity index is 1.59. The minimum Gasteiger partial charge on any atom is -0.315 e. The molecule has 1 N–H and O–H groups in total. The molecular formula is C24H30N4. The van der Waals surface area contributed by atoms with E-state index in [9.17, 15) is 0 Å². The van der Waals surface area contributed by atoms with Crippen LogP contribution in [0.3, 0.4) is 0 Å². The molecule has 1 fully saturated rings. The van der Waals surface area contributed by atoms with Crippen molar-refractivity contribution in [2.45, 2.75) is 45.6 Å². The molecule has 0 saturated carbocycles. The predicted molar refractivity (Wildman–Crippen MR) is 115 cm³/mol. The molecule has 146 valence electrons. The second-order valence-electron chi connectivity index (χ2n) is 8.41. The van der Waals surface area contributed by atoms with Gasteiger partial charge in [-0.1, -0.05) is 12.1 Å². The summed E-state index contributed by atoms with van der Waals surface area (Å²) in [4.78, 5) is 7.68. The number of hydrogen-bond donors (Lipinski definition) is 1. The summed E-state index contributed by atoms with van der Waals surface area (Å²) in [5.74, 6) is 0. The lowest BCUT2D eigenvalue weighted by Crippen LogP contribution is -2.28. The van der Waals surface area contributed by atoms with Crippen LogP contribution in [-0.4, -0.2) is 40.5 Å². The number of benzene rings is 1. The van der Waals surface area contributed by atoms with Gasteiger partial charge in [-0.05, 0) is 87.0 Å². The first-order valence-corrected chi connectivity index (χ1v) is 10.8. The number of aryl methyl sites for hydroxylation is 3. The molecule has 2 aliphatic rings. The molecule has 3 aromatic rings. The van der Waals surface area contributed by atoms with Crippen LogP contribution in [-0.2, 0) is 19.4 Å². The van der Waals surface area contributed by atoms with E-state index >= 15 is 0 Å². The van der Waals surface area contributed by atoms with Gasteiger partial charge in [0, 0.05) is 31.4 Å². The zero-order chi connectivity index (χ0) is 18.9. The monoisotopic (exact) mass is 374 g/mol. The van der Waals surface area contributed by atoms with Gasteiger partial charge in [-0.3, -0.25) is 4.90 Å². The van der Waals surface area contributed by atoms with E-state index in [0.29, 0.717) is 0 Å². The van der Waals surface area contributed by atoms with Crippen LogP contribution in [0.2, 0.25) is 0 Å². The maximum absolute atomic E-state index is 5.10. The highest BCUT2D eigenvalue weighted by Gasteiger charge is 2.19. The molecule has 0 unspecified atom stereocenters. The maximum Gasteiger partial charge on any atom is 0.137 e. The fraction of sp³-hybridized carbons (Fsp3) is 0.458. The highest BCUT2D eigenvalue weighted by molar-refractivity contribution is 5.68. The van der Waals surface area contributed by atoms with Crippen molar-refractivity contribution in [3.63, 3.8) is 0 Å². The fourth-order valence-corrected chi connectivity index (χ4v) is 4.73. The summed E-state index contributed by atoms with van der Waals surface area (Å²) >= 11 is 0. The number of fused-ring (bicyclic) bond motifs is 2. The minimum absolute atomic E-state index is 0.957. The Kier molecular flexibility index (Phi) is 4.91. The third-order valence-electron chi connectivity index (χ3n) is 6.31. The van der Waals surface area contributed by atoms with Crippen LogP contribution >= 0.6 is 0 Å². The Morgan fingerprint density at radius 1 is 0.964 bits per heavy atom. The molecule has 1 saturated heterocycles. The third kappa shape index (κ3) is 3.47. The Labute approximate surface area is 167 Å². The van der Waals surface area contributed by atoms with E-state index in [4.69, 9.17) is 4.98 Å². The van der Waals surface area contributed by atoms with Gasteiger partial charge in [-0.15, -0.1) is 0 Å². The topological polar surface area (TPSA) is 32.6 Å². The molecule has 0 radical (unpaired) electrons. The number of aromatic nitrogens is 2. The van der Waals surface area contributed by atoms with Crippen LogP contribution in [0, 0.1) is 6.92 Å². The largest absolute Gasteiger partial charge is 0.315 e. The van der Waals surface area contributed by atoms with Gasteiger partial charge >= 0.3 is 0 Å². The molecule has 0 spiro atoms. The van der Waals surface area contributed by atoms with E-state index in [0.717, 1.165) is 44.1 Å². The summed E-state index contributed by atoms with van der Waals surface area (Å²) in [5, 5.41) is 3.52. The molecule has 1 aromatic carbocycles. The average molecular weight is 375 g/mol. The number of rotatable bonds is 3. The molecule has 5 rings (SSSR count). The summed E-state index contributed by atoms with van der Waals surface area (Å²) in [5.41, 5.74) is 9.17. The normalized spacial score (nSPS) is 18.2. The molecule has 0 amide bonds. The van der Waals surface area contributed by atoms with Crippen molar-refractivity contribution in [3.8, 4) is 11.3 Å². The van der Waals surface area contributed by atoms with Gasteiger partial charge in [0.15, 0.2) is 0 Å². The van der Waals surface area contributed by atoms with Crippen molar-refractivity contribution in [2.75, 3.05) is 26.2 Å². The predicted octanol–water partition coefficient (Wildman–Crippen LogP) is 3.98. The number of nitrogens with one attached hydrogen (secondary N) is 1. The minimum atomic E-state index is 0.957. The first-order valence-electron chi connectivity index (χ1n) is 10.8. The Bertz CT molecular complexity index is 980. The second kappa shape index (κ2) is 7.69. The maximum atomic E-state index is 5.10. The molecule has 1 aliphatic heterocycles. The van der Waals surface area contributed by atoms with Crippen molar-refractivity contribution in [1.82, 2.24) is 19.6 Å². The summed E-state index contributed by atoms with van der Waals surface area (Å²) in [6, 6.07) is 11.5. The molecule has 1 aliphatic carbocycles. The lowest BCUT2D eigenvalue weighted by atomic mass is 9.90. The van der Waals surface area contributed by atoms with E-state index in [1.807, 2.05) is 0 Å². The third-order valence-corrected chi connectivity index (χ3v) is 6.31. The van der Waals surface area contributed by atoms with E-state index in [1.165, 1.54) is 60.1 Å². The van der Waals surface area contributed by atoms with Crippen LogP contribution in [0.5, 0.6) is 0 Å². The average Bonchev–Trinajstić information content (AvgIpc) is 2.88. The first-order chi connectivity index (χ1) is 13.8. The smallest absolute Gasteiger partial charge is 0.137 e. The van der Waals surface area contributed by atoms with E-state index in [1.54, 1.807) is 0 Å². The number of imidazole rings is 1. The van der Waals surface area contributed by atoms with Gasteiger partial charge in [-0.2, -0.15) is 0 Å². The number of hydrogen-bond acceptors (Lipinski definition) is 3. The highest BCUT2D eigenvalue weighted by atomic mass is 15.2. The SMILES string of the molecule is Cc1ccn2c(CN3CCCNCC3)c(-c3ccc4c(c3)CCCC4)nc2c1. The summed E-state index contributed by atoms with van der Waals surface area (Å²) in [6.45, 7) is 7.55. The number of pyridine rings is 1. The molecule has 28 heavy (non-hydrogen) atoms. The van der Waals surface area contributed by atoms with Crippen molar-refractivity contribution in [2.24, 2.45) is 0 Å². The Morgan fingerprint density at radius 3 is 2.79 bits per heavy atom. The molecule has 2 aromatic heterocycles. The molecule has 4 heteroatoms. The zero-order valence-corrected chi connectivity index (χ0v) is 16.9. The highest BCUT2D eigenvalue weighted by Crippen LogP contribution is 2.30. The van der Waals surface area contributed by atoms with E-state index in [2.05, 4.69) is 58.1 Å². The van der Waals surface area contributed by atoms with E-state index in [-0.39, 0.29) is 0 Å². The van der Waals surface area contributed by atoms with Crippen LogP contribution in [0.4, 0.5) is 0 Å². The second-order valence-corrected chi connectivity index (χ2v) is 8.41. The fourth-order valence-electron chi connectivity index (χ4n) is 4.73. The summed E-state index contributed by atoms with van der Waals surface area (Å²) in [6.07, 6.45) is 8.49. The van der Waals surface area contributed by atoms with E-state index < -0.39 is 0 Å². The number of nitrogens with zero attached hydrogens (tertiary/aromatic N) is 3. The Hall–Kier alpha value is -2.17. The zero-order valence-electron chi connectivity index (χ0n) is 16.9. The van der Waals surface area contributed by atoms with Crippen LogP contribution < -0.4 is 5.32 Å². The summed E-state index contributed by atoms with van der Waals surface area (Å²) in [7, 11) is 0. The molecule has 0 atom stereocenters. The van der Waals surface area contributed by atoms with Crippen molar-refractivity contribution in [1.29, 1.82) is 0 Å². The van der Waals surface area contributed by atoms with Gasteiger partial charge in [0.25, 0.3) is 0 Å². The molecule has 3 heterocycles. The summed E-state index contributed by atoms with van der Waals surface area (Å²) < 4.78 is 2.31. The van der Waals surface area contributed by atoms with Crippen molar-refractivity contribution < 1.29 is 0 Å². The van der Waals surface area contributed by atoms with Gasteiger partial charge < -0.3 is 9.72 Å². The van der Waals surface area contributed by atoms with Gasteiger partial charge in [-0.25, -0.2) is 4.98 Å². The first kappa shape index (κ1) is 17.9. The van der Waals surface area contributed by atoms with Crippen molar-refractivity contribution >= 4 is 5.65 Å². The lowest BCUT2D eigenvalue weighted by molar-refractivity contribution is 0.281. The van der Waals surface area contributed by atoms with Crippen LogP contribution in [0.15, 0.2) is 36.5 Å². The van der Waals surface area contributed by atoms with Gasteiger partial charge in [0.05, 0.1) is 11.4 Å². The van der Waals surface area contributed by atoms with Crippen LogP contribution in [0.25, 0.3) is 16.9 Å². The quantitative estimate of drug-likeness (QED) is 0.753. The van der Waals surface area contributed by atoms with Gasteiger partial charge in [0.2, 0.25) is 0 Å². The van der Waals surface area contributed by atoms with Gasteiger partial charge in [0.1, 0.15) is 5.65 Å². The standard InChI is InChI=1S/C24H30N4/c1-18-9-13-28-22(17-27-12-4-10-25-11-14-27)24(26-23(28)15-18)21-8-7-19-5-2-3-6-20(19)16-21/h7-9,13,15-16,25H,2-6,10-12,14,17H2,1H3. The molecule has 4 nitrogen and oxygen atoms in total.